The number of hydrogen-bond donors (Lipinski definition) is 0. The normalized spacial score (nSPS) is 10.5. The smallest absolute Gasteiger partial charge is 0.153 e. The van der Waals surface area contributed by atoms with Crippen molar-refractivity contribution in [3.05, 3.63) is 82.6 Å². The van der Waals surface area contributed by atoms with Crippen molar-refractivity contribution in [3.63, 3.8) is 0 Å². The van der Waals surface area contributed by atoms with E-state index < -0.39 is 0 Å². The standard InChI is InChI=1S/C17H13ClN2O/c18-15-8-4-5-9-17(15)20-11-14(12-21)16(19-20)10-13-6-2-1-3-7-13/h1-9,11-12H,10H2. The van der Waals surface area contributed by atoms with Gasteiger partial charge in [-0.1, -0.05) is 54.1 Å². The minimum Gasteiger partial charge on any atom is -0.298 e. The lowest BCUT2D eigenvalue weighted by Crippen LogP contribution is -1.97. The summed E-state index contributed by atoms with van der Waals surface area (Å²) in [5, 5.41) is 5.11. The summed E-state index contributed by atoms with van der Waals surface area (Å²) in [6.07, 6.45) is 3.16. The molecule has 104 valence electrons. The van der Waals surface area contributed by atoms with Gasteiger partial charge in [-0.05, 0) is 17.7 Å². The Morgan fingerprint density at radius 3 is 2.48 bits per heavy atom. The number of hydrogen-bond acceptors (Lipinski definition) is 2. The number of nitrogens with zero attached hydrogens (tertiary/aromatic N) is 2. The van der Waals surface area contributed by atoms with Gasteiger partial charge in [0.1, 0.15) is 0 Å². The summed E-state index contributed by atoms with van der Waals surface area (Å²) in [6.45, 7) is 0. The maximum atomic E-state index is 11.3. The number of rotatable bonds is 4. The van der Waals surface area contributed by atoms with Crippen LogP contribution in [0.25, 0.3) is 5.69 Å². The van der Waals surface area contributed by atoms with E-state index in [-0.39, 0.29) is 0 Å². The van der Waals surface area contributed by atoms with Crippen molar-refractivity contribution < 1.29 is 4.79 Å². The second-order valence-electron chi connectivity index (χ2n) is 4.71. The highest BCUT2D eigenvalue weighted by Gasteiger charge is 2.11. The van der Waals surface area contributed by atoms with Crippen molar-refractivity contribution in [2.45, 2.75) is 6.42 Å². The molecule has 0 N–H and O–H groups in total. The van der Waals surface area contributed by atoms with E-state index in [1.165, 1.54) is 0 Å². The van der Waals surface area contributed by atoms with Crippen molar-refractivity contribution in [2.75, 3.05) is 0 Å². The molecule has 0 saturated heterocycles. The average Bonchev–Trinajstić information content (AvgIpc) is 2.91. The van der Waals surface area contributed by atoms with Gasteiger partial charge in [-0.15, -0.1) is 0 Å². The zero-order chi connectivity index (χ0) is 14.7. The van der Waals surface area contributed by atoms with E-state index in [1.807, 2.05) is 48.5 Å². The van der Waals surface area contributed by atoms with Gasteiger partial charge in [0.25, 0.3) is 0 Å². The van der Waals surface area contributed by atoms with E-state index in [1.54, 1.807) is 16.9 Å². The molecule has 0 atom stereocenters. The number of carbonyl (C=O) groups is 1. The number of carbonyl (C=O) groups excluding carboxylic acids is 1. The molecule has 3 aromatic rings. The molecule has 0 aliphatic rings. The van der Waals surface area contributed by atoms with Gasteiger partial charge >= 0.3 is 0 Å². The molecule has 0 unspecified atom stereocenters. The molecular weight excluding hydrogens is 284 g/mol. The van der Waals surface area contributed by atoms with E-state index in [9.17, 15) is 4.79 Å². The lowest BCUT2D eigenvalue weighted by molar-refractivity contribution is 0.112. The van der Waals surface area contributed by atoms with Crippen molar-refractivity contribution >= 4 is 17.9 Å². The summed E-state index contributed by atoms with van der Waals surface area (Å²) >= 11 is 6.17. The molecule has 3 nitrogen and oxygen atoms in total. The summed E-state index contributed by atoms with van der Waals surface area (Å²) in [5.41, 5.74) is 3.21. The fourth-order valence-electron chi connectivity index (χ4n) is 2.21. The number of aldehydes is 1. The number of para-hydroxylation sites is 1. The first kappa shape index (κ1) is 13.6. The third kappa shape index (κ3) is 2.88. The lowest BCUT2D eigenvalue weighted by atomic mass is 10.1. The summed E-state index contributed by atoms with van der Waals surface area (Å²) < 4.78 is 1.66. The molecular formula is C17H13ClN2O. The lowest BCUT2D eigenvalue weighted by Gasteiger charge is -2.03. The van der Waals surface area contributed by atoms with Gasteiger partial charge in [0.2, 0.25) is 0 Å². The average molecular weight is 297 g/mol. The monoisotopic (exact) mass is 296 g/mol. The first-order valence-corrected chi connectivity index (χ1v) is 6.98. The zero-order valence-electron chi connectivity index (χ0n) is 11.2. The minimum atomic E-state index is 0.582. The van der Waals surface area contributed by atoms with Gasteiger partial charge in [0.05, 0.1) is 22.0 Å². The summed E-state index contributed by atoms with van der Waals surface area (Å²) in [7, 11) is 0. The van der Waals surface area contributed by atoms with Crippen LogP contribution >= 0.6 is 11.6 Å². The van der Waals surface area contributed by atoms with Crippen molar-refractivity contribution in [2.24, 2.45) is 0 Å². The van der Waals surface area contributed by atoms with E-state index >= 15 is 0 Å². The van der Waals surface area contributed by atoms with E-state index in [4.69, 9.17) is 11.6 Å². The summed E-state index contributed by atoms with van der Waals surface area (Å²) in [6, 6.07) is 17.4. The number of benzene rings is 2. The SMILES string of the molecule is O=Cc1cn(-c2ccccc2Cl)nc1Cc1ccccc1. The van der Waals surface area contributed by atoms with Crippen molar-refractivity contribution in [1.29, 1.82) is 0 Å². The van der Waals surface area contributed by atoms with Crippen LogP contribution in [0.2, 0.25) is 5.02 Å². The van der Waals surface area contributed by atoms with Crippen LogP contribution in [-0.2, 0) is 6.42 Å². The topological polar surface area (TPSA) is 34.9 Å². The molecule has 21 heavy (non-hydrogen) atoms. The molecule has 0 fully saturated rings. The Kier molecular flexibility index (Phi) is 3.84. The second kappa shape index (κ2) is 5.94. The quantitative estimate of drug-likeness (QED) is 0.684. The Bertz CT molecular complexity index is 765. The molecule has 0 bridgehead atoms. The number of halogens is 1. The van der Waals surface area contributed by atoms with E-state index in [2.05, 4.69) is 5.10 Å². The van der Waals surface area contributed by atoms with Crippen LogP contribution in [0, 0.1) is 0 Å². The van der Waals surface area contributed by atoms with Crippen LogP contribution in [0.15, 0.2) is 60.8 Å². The van der Waals surface area contributed by atoms with Crippen LogP contribution in [0.1, 0.15) is 21.6 Å². The fourth-order valence-corrected chi connectivity index (χ4v) is 2.43. The van der Waals surface area contributed by atoms with Gasteiger partial charge in [-0.3, -0.25) is 4.79 Å². The summed E-state index contributed by atoms with van der Waals surface area (Å²) in [5.74, 6) is 0. The minimum absolute atomic E-state index is 0.582. The highest BCUT2D eigenvalue weighted by atomic mass is 35.5. The van der Waals surface area contributed by atoms with Crippen LogP contribution in [0.3, 0.4) is 0 Å². The maximum Gasteiger partial charge on any atom is 0.153 e. The van der Waals surface area contributed by atoms with Gasteiger partial charge in [0.15, 0.2) is 6.29 Å². The zero-order valence-corrected chi connectivity index (χ0v) is 12.0. The Morgan fingerprint density at radius 1 is 1.05 bits per heavy atom. The Morgan fingerprint density at radius 2 is 1.76 bits per heavy atom. The van der Waals surface area contributed by atoms with Gasteiger partial charge in [-0.2, -0.15) is 5.10 Å². The highest BCUT2D eigenvalue weighted by molar-refractivity contribution is 6.32. The van der Waals surface area contributed by atoms with Gasteiger partial charge in [0, 0.05) is 12.6 Å². The Labute approximate surface area is 127 Å². The molecule has 0 aliphatic heterocycles. The summed E-state index contributed by atoms with van der Waals surface area (Å²) in [4.78, 5) is 11.3. The van der Waals surface area contributed by atoms with Crippen molar-refractivity contribution in [1.82, 2.24) is 9.78 Å². The molecule has 0 spiro atoms. The molecule has 1 aromatic heterocycles. The van der Waals surface area contributed by atoms with E-state index in [0.29, 0.717) is 17.0 Å². The first-order chi connectivity index (χ1) is 10.3. The predicted octanol–water partition coefficient (Wildman–Crippen LogP) is 3.93. The van der Waals surface area contributed by atoms with E-state index in [0.717, 1.165) is 23.2 Å². The fraction of sp³-hybridized carbons (Fsp3) is 0.0588. The Hall–Kier alpha value is -2.39. The maximum absolute atomic E-state index is 11.3. The molecule has 1 heterocycles. The molecule has 4 heteroatoms. The second-order valence-corrected chi connectivity index (χ2v) is 5.11. The molecule has 0 saturated carbocycles. The van der Waals surface area contributed by atoms with Gasteiger partial charge in [-0.25, -0.2) is 4.68 Å². The molecule has 2 aromatic carbocycles. The molecule has 0 amide bonds. The van der Waals surface area contributed by atoms with Crippen LogP contribution in [-0.4, -0.2) is 16.1 Å². The predicted molar refractivity (Wildman–Crippen MR) is 83.2 cm³/mol. The highest BCUT2D eigenvalue weighted by Crippen LogP contribution is 2.21. The molecule has 3 rings (SSSR count). The van der Waals surface area contributed by atoms with Crippen LogP contribution in [0.5, 0.6) is 0 Å². The Balaban J connectivity index is 1.99. The third-order valence-corrected chi connectivity index (χ3v) is 3.58. The molecule has 0 radical (unpaired) electrons. The largest absolute Gasteiger partial charge is 0.298 e. The number of aromatic nitrogens is 2. The first-order valence-electron chi connectivity index (χ1n) is 6.60. The molecule has 0 aliphatic carbocycles. The van der Waals surface area contributed by atoms with Gasteiger partial charge < -0.3 is 0 Å². The van der Waals surface area contributed by atoms with Crippen LogP contribution < -0.4 is 0 Å². The third-order valence-electron chi connectivity index (χ3n) is 3.26. The van der Waals surface area contributed by atoms with Crippen molar-refractivity contribution in [3.8, 4) is 5.69 Å². The van der Waals surface area contributed by atoms with Crippen LogP contribution in [0.4, 0.5) is 0 Å².